The van der Waals surface area contributed by atoms with Gasteiger partial charge in [-0.3, -0.25) is 14.9 Å². The van der Waals surface area contributed by atoms with Crippen molar-refractivity contribution < 1.29 is 31.7 Å². The number of barbiturate groups is 1. The van der Waals surface area contributed by atoms with Crippen LogP contribution in [0.5, 0.6) is 11.5 Å². The van der Waals surface area contributed by atoms with E-state index >= 15 is 0 Å². The first kappa shape index (κ1) is 27.9. The number of urea groups is 1. The third-order valence-electron chi connectivity index (χ3n) is 5.85. The molecular formula is C28H25ClN2O7S. The Morgan fingerprint density at radius 3 is 2.26 bits per heavy atom. The van der Waals surface area contributed by atoms with Crippen LogP contribution in [0.1, 0.15) is 30.5 Å². The summed E-state index contributed by atoms with van der Waals surface area (Å²) in [5.74, 6) is -1.97. The van der Waals surface area contributed by atoms with Gasteiger partial charge in [0.25, 0.3) is 11.8 Å². The number of aryl methyl sites for hydroxylation is 2. The van der Waals surface area contributed by atoms with Crippen molar-refractivity contribution in [3.63, 3.8) is 0 Å². The lowest BCUT2D eigenvalue weighted by Crippen LogP contribution is -2.54. The summed E-state index contributed by atoms with van der Waals surface area (Å²) in [4.78, 5) is 39.2. The van der Waals surface area contributed by atoms with Gasteiger partial charge in [-0.2, -0.15) is 8.42 Å². The van der Waals surface area contributed by atoms with E-state index in [1.807, 2.05) is 13.8 Å². The third-order valence-corrected chi connectivity index (χ3v) is 7.37. The molecule has 1 aliphatic heterocycles. The molecule has 4 amide bonds. The summed E-state index contributed by atoms with van der Waals surface area (Å²) >= 11 is 6.41. The molecular weight excluding hydrogens is 544 g/mol. The topological polar surface area (TPSA) is 119 Å². The van der Waals surface area contributed by atoms with Gasteiger partial charge in [0.05, 0.1) is 17.3 Å². The first-order valence-corrected chi connectivity index (χ1v) is 13.8. The maximum absolute atomic E-state index is 13.2. The minimum atomic E-state index is -4.24. The largest absolute Gasteiger partial charge is 0.490 e. The molecule has 0 bridgehead atoms. The molecule has 1 aliphatic rings. The maximum Gasteiger partial charge on any atom is 0.339 e. The quantitative estimate of drug-likeness (QED) is 0.229. The van der Waals surface area contributed by atoms with Gasteiger partial charge in [-0.05, 0) is 73.9 Å². The van der Waals surface area contributed by atoms with Crippen molar-refractivity contribution in [1.82, 2.24) is 5.32 Å². The summed E-state index contributed by atoms with van der Waals surface area (Å²) in [5, 5.41) is 2.04. The van der Waals surface area contributed by atoms with Gasteiger partial charge < -0.3 is 8.92 Å². The molecule has 0 aliphatic carbocycles. The van der Waals surface area contributed by atoms with Crippen molar-refractivity contribution in [2.45, 2.75) is 32.1 Å². The van der Waals surface area contributed by atoms with Crippen LogP contribution in [0, 0.1) is 6.92 Å². The average Bonchev–Trinajstić information content (AvgIpc) is 2.89. The molecule has 202 valence electrons. The van der Waals surface area contributed by atoms with E-state index < -0.39 is 28.0 Å². The summed E-state index contributed by atoms with van der Waals surface area (Å²) in [7, 11) is -4.24. The lowest BCUT2D eigenvalue weighted by atomic mass is 10.1. The van der Waals surface area contributed by atoms with Gasteiger partial charge in [0.1, 0.15) is 10.5 Å². The van der Waals surface area contributed by atoms with E-state index in [-0.39, 0.29) is 39.2 Å². The molecule has 11 heteroatoms. The molecule has 0 unspecified atom stereocenters. The molecule has 3 aromatic carbocycles. The van der Waals surface area contributed by atoms with E-state index in [2.05, 4.69) is 5.32 Å². The molecule has 1 N–H and O–H groups in total. The van der Waals surface area contributed by atoms with Crippen molar-refractivity contribution in [2.24, 2.45) is 0 Å². The lowest BCUT2D eigenvalue weighted by Gasteiger charge is -2.26. The Bertz CT molecular complexity index is 1580. The first-order chi connectivity index (χ1) is 18.5. The zero-order chi connectivity index (χ0) is 28.3. The van der Waals surface area contributed by atoms with Crippen LogP contribution >= 0.6 is 11.6 Å². The number of imide groups is 2. The highest BCUT2D eigenvalue weighted by molar-refractivity contribution is 7.87. The average molecular weight is 569 g/mol. The Hall–Kier alpha value is -4.15. The fourth-order valence-electron chi connectivity index (χ4n) is 3.82. The molecule has 0 saturated carbocycles. The van der Waals surface area contributed by atoms with Crippen LogP contribution in [-0.4, -0.2) is 32.9 Å². The fourth-order valence-corrected chi connectivity index (χ4v) is 5.08. The smallest absolute Gasteiger partial charge is 0.339 e. The number of ether oxygens (including phenoxy) is 1. The highest BCUT2D eigenvalue weighted by atomic mass is 35.5. The van der Waals surface area contributed by atoms with Crippen molar-refractivity contribution in [3.8, 4) is 11.5 Å². The molecule has 39 heavy (non-hydrogen) atoms. The number of hydrogen-bond acceptors (Lipinski definition) is 7. The van der Waals surface area contributed by atoms with Crippen LogP contribution in [0.15, 0.2) is 71.1 Å². The van der Waals surface area contributed by atoms with Crippen LogP contribution in [0.25, 0.3) is 6.08 Å². The van der Waals surface area contributed by atoms with Crippen LogP contribution < -0.4 is 19.1 Å². The maximum atomic E-state index is 13.2. The highest BCUT2D eigenvalue weighted by Gasteiger charge is 2.37. The Balaban J connectivity index is 1.70. The Morgan fingerprint density at radius 1 is 0.974 bits per heavy atom. The second-order valence-corrected chi connectivity index (χ2v) is 10.5. The van der Waals surface area contributed by atoms with E-state index in [4.69, 9.17) is 20.5 Å². The van der Waals surface area contributed by atoms with Gasteiger partial charge in [-0.25, -0.2) is 9.69 Å². The number of anilines is 1. The number of carbonyl (C=O) groups is 3. The molecule has 0 atom stereocenters. The summed E-state index contributed by atoms with van der Waals surface area (Å²) < 4.78 is 36.6. The SMILES string of the molecule is CCOc1cc(/C=C2\C(=O)NC(=O)N(c3ccc(CC)cc3)C2=O)cc(Cl)c1OS(=O)(=O)c1ccc(C)cc1. The Kier molecular flexibility index (Phi) is 8.08. The number of nitrogens with one attached hydrogen (secondary N) is 1. The number of carbonyl (C=O) groups excluding carboxylic acids is 3. The fraction of sp³-hybridized carbons (Fsp3) is 0.179. The van der Waals surface area contributed by atoms with E-state index in [0.717, 1.165) is 22.4 Å². The zero-order valence-corrected chi connectivity index (χ0v) is 22.9. The second kappa shape index (κ2) is 11.3. The standard InChI is InChI=1S/C28H25ClN2O7S/c1-4-18-8-10-20(11-9-18)31-27(33)22(26(32)30-28(31)34)14-19-15-23(29)25(24(16-19)37-5-2)38-39(35,36)21-12-6-17(3)7-13-21/h6-16H,4-5H2,1-3H3,(H,30,32,34)/b22-14+. The second-order valence-electron chi connectivity index (χ2n) is 8.59. The Labute approximate surface area is 231 Å². The van der Waals surface area contributed by atoms with Crippen molar-refractivity contribution in [1.29, 1.82) is 0 Å². The van der Waals surface area contributed by atoms with Gasteiger partial charge in [0.15, 0.2) is 5.75 Å². The molecule has 9 nitrogen and oxygen atoms in total. The van der Waals surface area contributed by atoms with Gasteiger partial charge in [-0.1, -0.05) is 48.4 Å². The number of benzene rings is 3. The van der Waals surface area contributed by atoms with Gasteiger partial charge in [0.2, 0.25) is 5.75 Å². The predicted molar refractivity (Wildman–Crippen MR) is 146 cm³/mol. The van der Waals surface area contributed by atoms with Crippen molar-refractivity contribution >= 4 is 51.3 Å². The molecule has 4 rings (SSSR count). The third kappa shape index (κ3) is 5.97. The number of halogens is 1. The van der Waals surface area contributed by atoms with E-state index in [1.54, 1.807) is 43.3 Å². The summed E-state index contributed by atoms with van der Waals surface area (Å²) in [6, 6.07) is 14.7. The molecule has 3 aromatic rings. The van der Waals surface area contributed by atoms with E-state index in [1.165, 1.54) is 30.3 Å². The van der Waals surface area contributed by atoms with Crippen LogP contribution in [-0.2, 0) is 26.1 Å². The molecule has 0 spiro atoms. The number of nitrogens with zero attached hydrogens (tertiary/aromatic N) is 1. The Morgan fingerprint density at radius 2 is 1.64 bits per heavy atom. The van der Waals surface area contributed by atoms with E-state index in [9.17, 15) is 22.8 Å². The van der Waals surface area contributed by atoms with Gasteiger partial charge in [0, 0.05) is 0 Å². The molecule has 0 radical (unpaired) electrons. The number of hydrogen-bond donors (Lipinski definition) is 1. The number of amides is 4. The monoisotopic (exact) mass is 568 g/mol. The first-order valence-electron chi connectivity index (χ1n) is 12.0. The predicted octanol–water partition coefficient (Wildman–Crippen LogP) is 5.04. The summed E-state index contributed by atoms with van der Waals surface area (Å²) in [6.45, 7) is 5.63. The zero-order valence-electron chi connectivity index (χ0n) is 21.4. The van der Waals surface area contributed by atoms with Gasteiger partial charge >= 0.3 is 16.1 Å². The summed E-state index contributed by atoms with van der Waals surface area (Å²) in [6.07, 6.45) is 2.02. The van der Waals surface area contributed by atoms with Crippen molar-refractivity contribution in [2.75, 3.05) is 11.5 Å². The van der Waals surface area contributed by atoms with Crippen LogP contribution in [0.3, 0.4) is 0 Å². The van der Waals surface area contributed by atoms with E-state index in [0.29, 0.717) is 5.69 Å². The van der Waals surface area contributed by atoms with Gasteiger partial charge in [-0.15, -0.1) is 0 Å². The van der Waals surface area contributed by atoms with Crippen LogP contribution in [0.4, 0.5) is 10.5 Å². The number of rotatable bonds is 8. The molecule has 1 saturated heterocycles. The minimum Gasteiger partial charge on any atom is -0.490 e. The normalized spacial score (nSPS) is 14.9. The van der Waals surface area contributed by atoms with Crippen LogP contribution in [0.2, 0.25) is 5.02 Å². The molecule has 1 heterocycles. The highest BCUT2D eigenvalue weighted by Crippen LogP contribution is 2.39. The summed E-state index contributed by atoms with van der Waals surface area (Å²) in [5.41, 5.74) is 2.11. The molecule has 0 aromatic heterocycles. The minimum absolute atomic E-state index is 0.0145. The molecule has 1 fully saturated rings. The lowest BCUT2D eigenvalue weighted by molar-refractivity contribution is -0.122. The van der Waals surface area contributed by atoms with Crippen molar-refractivity contribution in [3.05, 3.63) is 87.9 Å².